The van der Waals surface area contributed by atoms with E-state index in [4.69, 9.17) is 14.3 Å². The molecule has 2 aliphatic heterocycles. The number of benzene rings is 1. The van der Waals surface area contributed by atoms with Crippen LogP contribution in [0.3, 0.4) is 0 Å². The predicted octanol–water partition coefficient (Wildman–Crippen LogP) is 3.93. The molecule has 170 valence electrons. The number of ether oxygens (including phenoxy) is 2. The zero-order chi connectivity index (χ0) is 22.2. The third kappa shape index (κ3) is 6.00. The highest BCUT2D eigenvalue weighted by molar-refractivity contribution is 7.09. The van der Waals surface area contributed by atoms with E-state index >= 15 is 0 Å². The van der Waals surface area contributed by atoms with Crippen LogP contribution in [-0.4, -0.2) is 48.1 Å². The summed E-state index contributed by atoms with van der Waals surface area (Å²) >= 11 is 1.57. The number of piperidine rings is 1. The zero-order valence-electron chi connectivity index (χ0n) is 17.8. The van der Waals surface area contributed by atoms with Crippen LogP contribution in [-0.2, 0) is 20.9 Å². The summed E-state index contributed by atoms with van der Waals surface area (Å²) in [6.45, 7) is 2.14. The number of para-hydroxylation sites is 1. The minimum Gasteiger partial charge on any atom is -0.494 e. The largest absolute Gasteiger partial charge is 0.494 e. The van der Waals surface area contributed by atoms with Crippen molar-refractivity contribution in [1.29, 1.82) is 0 Å². The van der Waals surface area contributed by atoms with Gasteiger partial charge in [-0.15, -0.1) is 11.3 Å². The first-order valence-electron chi connectivity index (χ1n) is 10.8. The molecule has 0 radical (unpaired) electrons. The smallest absolute Gasteiger partial charge is 0.414 e. The van der Waals surface area contributed by atoms with E-state index in [0.29, 0.717) is 58.3 Å². The molecule has 1 aromatic carbocycles. The van der Waals surface area contributed by atoms with Gasteiger partial charge in [-0.25, -0.2) is 4.79 Å². The molecule has 9 heteroatoms. The molecule has 2 aliphatic rings. The third-order valence-electron chi connectivity index (χ3n) is 5.59. The van der Waals surface area contributed by atoms with E-state index in [-0.39, 0.29) is 11.8 Å². The van der Waals surface area contributed by atoms with Gasteiger partial charge in [0.25, 0.3) is 0 Å². The average Bonchev–Trinajstić information content (AvgIpc) is 3.47. The highest BCUT2D eigenvalue weighted by Gasteiger charge is 2.44. The van der Waals surface area contributed by atoms with E-state index in [1.165, 1.54) is 0 Å². The Kier molecular flexibility index (Phi) is 7.26. The van der Waals surface area contributed by atoms with Crippen molar-refractivity contribution in [1.82, 2.24) is 10.2 Å². The van der Waals surface area contributed by atoms with Crippen LogP contribution in [0.15, 0.2) is 53.0 Å². The quantitative estimate of drug-likeness (QED) is 0.637. The van der Waals surface area contributed by atoms with E-state index in [9.17, 15) is 9.59 Å². The van der Waals surface area contributed by atoms with Gasteiger partial charge in [0.2, 0.25) is 11.8 Å². The van der Waals surface area contributed by atoms with Crippen LogP contribution in [0.2, 0.25) is 0 Å². The fraction of sp³-hybridized carbons (Fsp3) is 0.435. The number of oxime groups is 1. The van der Waals surface area contributed by atoms with Crippen LogP contribution < -0.4 is 10.1 Å². The summed E-state index contributed by atoms with van der Waals surface area (Å²) in [6, 6.07) is 13.5. The van der Waals surface area contributed by atoms with Crippen LogP contribution in [0.4, 0.5) is 4.79 Å². The summed E-state index contributed by atoms with van der Waals surface area (Å²) in [5.41, 5.74) is -0.490. The number of alkyl carbamates (subject to hydrolysis) is 1. The molecule has 1 N–H and O–H groups in total. The van der Waals surface area contributed by atoms with Crippen LogP contribution in [0.5, 0.6) is 5.75 Å². The third-order valence-corrected chi connectivity index (χ3v) is 6.46. The summed E-state index contributed by atoms with van der Waals surface area (Å²) < 4.78 is 10.9. The number of thiophene rings is 1. The number of rotatable bonds is 7. The first-order chi connectivity index (χ1) is 15.6. The fourth-order valence-corrected chi connectivity index (χ4v) is 4.42. The van der Waals surface area contributed by atoms with Gasteiger partial charge in [0.15, 0.2) is 0 Å². The predicted molar refractivity (Wildman–Crippen MR) is 120 cm³/mol. The first-order valence-corrected chi connectivity index (χ1v) is 11.7. The normalized spacial score (nSPS) is 16.9. The maximum absolute atomic E-state index is 12.5. The van der Waals surface area contributed by atoms with Crippen LogP contribution >= 0.6 is 11.3 Å². The fourth-order valence-electron chi connectivity index (χ4n) is 3.78. The van der Waals surface area contributed by atoms with Crippen molar-refractivity contribution < 1.29 is 23.9 Å². The minimum absolute atomic E-state index is 0.125. The molecule has 1 aromatic heterocycles. The summed E-state index contributed by atoms with van der Waals surface area (Å²) in [5.74, 6) is 1.22. The number of hydrogen-bond donors (Lipinski definition) is 1. The number of nitrogens with zero attached hydrogens (tertiary/aromatic N) is 2. The van der Waals surface area contributed by atoms with E-state index in [1.54, 1.807) is 11.3 Å². The molecular formula is C23H27N3O5S. The number of amides is 2. The van der Waals surface area contributed by atoms with Crippen molar-refractivity contribution in [3.8, 4) is 5.75 Å². The lowest BCUT2D eigenvalue weighted by Crippen LogP contribution is -2.47. The number of nitrogens with one attached hydrogen (secondary N) is 1. The Bertz CT molecular complexity index is 924. The summed E-state index contributed by atoms with van der Waals surface area (Å²) in [5, 5.41) is 8.64. The van der Waals surface area contributed by atoms with Crippen molar-refractivity contribution >= 4 is 29.2 Å². The molecule has 4 rings (SSSR count). The van der Waals surface area contributed by atoms with Crippen molar-refractivity contribution in [2.75, 3.05) is 19.7 Å². The van der Waals surface area contributed by atoms with Crippen molar-refractivity contribution in [2.24, 2.45) is 5.16 Å². The number of carbonyl (C=O) groups excluding carboxylic acids is 2. The first kappa shape index (κ1) is 22.1. The van der Waals surface area contributed by atoms with E-state index in [2.05, 4.69) is 10.5 Å². The van der Waals surface area contributed by atoms with Gasteiger partial charge < -0.3 is 24.5 Å². The Morgan fingerprint density at radius 2 is 1.97 bits per heavy atom. The minimum atomic E-state index is -0.539. The van der Waals surface area contributed by atoms with E-state index < -0.39 is 11.7 Å². The monoisotopic (exact) mass is 457 g/mol. The average molecular weight is 458 g/mol. The summed E-state index contributed by atoms with van der Waals surface area (Å²) in [4.78, 5) is 33.1. The second kappa shape index (κ2) is 10.5. The van der Waals surface area contributed by atoms with E-state index in [1.807, 2.05) is 52.7 Å². The lowest BCUT2D eigenvalue weighted by molar-refractivity contribution is -0.137. The molecule has 8 nitrogen and oxygen atoms in total. The number of likely N-dealkylation sites (tertiary alicyclic amines) is 1. The molecular weight excluding hydrogens is 430 g/mol. The molecule has 2 amide bonds. The summed E-state index contributed by atoms with van der Waals surface area (Å²) in [6.07, 6.45) is 2.34. The van der Waals surface area contributed by atoms with Gasteiger partial charge in [-0.05, 0) is 30.0 Å². The second-order valence-electron chi connectivity index (χ2n) is 7.90. The van der Waals surface area contributed by atoms with Crippen molar-refractivity contribution in [2.45, 2.75) is 44.2 Å². The Labute approximate surface area is 191 Å². The molecule has 0 atom stereocenters. The molecule has 0 unspecified atom stereocenters. The molecule has 3 heterocycles. The Morgan fingerprint density at radius 3 is 2.72 bits per heavy atom. The van der Waals surface area contributed by atoms with Crippen LogP contribution in [0.25, 0.3) is 0 Å². The number of hydrogen-bond acceptors (Lipinski definition) is 7. The lowest BCUT2D eigenvalue weighted by Gasteiger charge is -2.37. The molecule has 32 heavy (non-hydrogen) atoms. The Balaban J connectivity index is 1.13. The van der Waals surface area contributed by atoms with Gasteiger partial charge in [0.1, 0.15) is 11.4 Å². The molecule has 0 aliphatic carbocycles. The van der Waals surface area contributed by atoms with Crippen LogP contribution in [0.1, 0.15) is 37.0 Å². The van der Waals surface area contributed by atoms with Gasteiger partial charge in [-0.2, -0.15) is 0 Å². The highest BCUT2D eigenvalue weighted by atomic mass is 32.1. The number of carbonyl (C=O) groups is 2. The highest BCUT2D eigenvalue weighted by Crippen LogP contribution is 2.35. The van der Waals surface area contributed by atoms with Crippen molar-refractivity contribution in [3.63, 3.8) is 0 Å². The molecule has 1 spiro atoms. The second-order valence-corrected chi connectivity index (χ2v) is 8.94. The summed E-state index contributed by atoms with van der Waals surface area (Å²) in [7, 11) is 0. The lowest BCUT2D eigenvalue weighted by atomic mass is 9.88. The molecule has 0 saturated carbocycles. The van der Waals surface area contributed by atoms with Gasteiger partial charge in [0, 0.05) is 37.2 Å². The molecule has 2 aromatic rings. The standard InChI is InChI=1S/C23H27N3O5S/c27-21(9-4-14-29-18-6-2-1-3-7-18)26-12-10-23(11-13-26)16-20(25-31-23)30-22(28)24-17-19-8-5-15-32-19/h1-3,5-8,15H,4,9-14,16-17H2,(H,24,28). The zero-order valence-corrected chi connectivity index (χ0v) is 18.6. The maximum Gasteiger partial charge on any atom is 0.414 e. The SMILES string of the molecule is O=C(NCc1cccs1)OC1=NOC2(CCN(C(=O)CCCOc3ccccc3)CC2)C1. The molecule has 1 saturated heterocycles. The Hall–Kier alpha value is -3.07. The Morgan fingerprint density at radius 1 is 1.16 bits per heavy atom. The van der Waals surface area contributed by atoms with Gasteiger partial charge >= 0.3 is 6.09 Å². The topological polar surface area (TPSA) is 89.5 Å². The van der Waals surface area contributed by atoms with Gasteiger partial charge in [-0.1, -0.05) is 29.4 Å². The van der Waals surface area contributed by atoms with Gasteiger partial charge in [0.05, 0.1) is 19.6 Å². The van der Waals surface area contributed by atoms with E-state index in [0.717, 1.165) is 10.6 Å². The maximum atomic E-state index is 12.5. The molecule has 0 bridgehead atoms. The molecule has 1 fully saturated rings. The van der Waals surface area contributed by atoms with Crippen molar-refractivity contribution in [3.05, 3.63) is 52.7 Å². The van der Waals surface area contributed by atoms with Crippen LogP contribution in [0, 0.1) is 0 Å². The van der Waals surface area contributed by atoms with Gasteiger partial charge in [-0.3, -0.25) is 4.79 Å².